The number of nitrogen functional groups attached to an aromatic ring is 2. The van der Waals surface area contributed by atoms with E-state index in [1.165, 1.54) is 0 Å². The highest BCUT2D eigenvalue weighted by molar-refractivity contribution is 6.00. The van der Waals surface area contributed by atoms with Gasteiger partial charge >= 0.3 is 0 Å². The lowest BCUT2D eigenvalue weighted by atomic mass is 10.1. The average molecular weight is 1010 g/mol. The number of amides is 2. The number of fused-ring (bicyclic) bond motifs is 2. The van der Waals surface area contributed by atoms with Crippen LogP contribution in [-0.2, 0) is 22.7 Å². The van der Waals surface area contributed by atoms with E-state index in [1.807, 2.05) is 124 Å². The summed E-state index contributed by atoms with van der Waals surface area (Å²) >= 11 is 0. The maximum atomic E-state index is 13.1. The molecule has 2 saturated carbocycles. The number of carbonyl (C=O) groups is 2. The topological polar surface area (TPSA) is 242 Å². The first kappa shape index (κ1) is 48.7. The third-order valence-corrected chi connectivity index (χ3v) is 14.1. The van der Waals surface area contributed by atoms with E-state index in [0.29, 0.717) is 36.4 Å². The molecule has 2 aromatic carbocycles. The van der Waals surface area contributed by atoms with Gasteiger partial charge in [-0.25, -0.2) is 29.9 Å². The van der Waals surface area contributed by atoms with Crippen LogP contribution in [0.3, 0.4) is 0 Å². The molecular formula is C58H54N14O4. The predicted octanol–water partition coefficient (Wildman–Crippen LogP) is 9.16. The minimum atomic E-state index is -0.130. The lowest BCUT2D eigenvalue weighted by Crippen LogP contribution is -2.16. The fourth-order valence-corrected chi connectivity index (χ4v) is 9.68. The molecule has 12 rings (SSSR count). The van der Waals surface area contributed by atoms with Crippen LogP contribution < -0.4 is 31.6 Å². The Kier molecular flexibility index (Phi) is 13.3. The van der Waals surface area contributed by atoms with Crippen molar-refractivity contribution in [2.75, 3.05) is 36.3 Å². The standard InChI is InChI=1S/2C29H27N7O2/c2*1-17-7-8-31-12-23(17)25-9-19-10-27(33-13-24(19)28(30)34-25)35-29(37)22-11-21(22)26-14-32-16-36(26)15-18-3-5-20(38-2)6-4-18/h2*3-10,12-14,16,21-22H,11,15H2,1-2H3,(H2,30,34)(H,33,35,37)/t2*21-,22-/m10/s1. The summed E-state index contributed by atoms with van der Waals surface area (Å²) in [5.74, 6) is 3.27. The van der Waals surface area contributed by atoms with E-state index in [2.05, 4.69) is 59.6 Å². The first-order valence-electron chi connectivity index (χ1n) is 24.8. The summed E-state index contributed by atoms with van der Waals surface area (Å²) < 4.78 is 14.7. The minimum absolute atomic E-state index is 0.0515. The quantitative estimate of drug-likeness (QED) is 0.0794. The molecule has 0 saturated heterocycles. The van der Waals surface area contributed by atoms with Gasteiger partial charge in [-0.1, -0.05) is 24.3 Å². The van der Waals surface area contributed by atoms with Crippen molar-refractivity contribution in [1.29, 1.82) is 0 Å². The van der Waals surface area contributed by atoms with Crippen LogP contribution in [0.4, 0.5) is 23.3 Å². The Balaban J connectivity index is 0.000000162. The van der Waals surface area contributed by atoms with Crippen LogP contribution in [0, 0.1) is 25.7 Å². The molecule has 380 valence electrons. The number of nitrogens with two attached hydrogens (primary N) is 2. The van der Waals surface area contributed by atoms with Gasteiger partial charge in [0.05, 0.1) is 38.3 Å². The molecule has 76 heavy (non-hydrogen) atoms. The van der Waals surface area contributed by atoms with Crippen molar-refractivity contribution in [3.8, 4) is 34.0 Å². The molecule has 0 radical (unpaired) electrons. The van der Waals surface area contributed by atoms with Crippen molar-refractivity contribution in [3.63, 3.8) is 0 Å². The molecule has 10 aromatic rings. The zero-order valence-corrected chi connectivity index (χ0v) is 42.3. The maximum Gasteiger partial charge on any atom is 0.229 e. The number of aryl methyl sites for hydroxylation is 2. The molecule has 6 N–H and O–H groups in total. The van der Waals surface area contributed by atoms with Crippen molar-refractivity contribution >= 4 is 56.6 Å². The fourth-order valence-electron chi connectivity index (χ4n) is 9.68. The number of hydrogen-bond donors (Lipinski definition) is 4. The Bertz CT molecular complexity index is 3540. The van der Waals surface area contributed by atoms with Gasteiger partial charge in [-0.15, -0.1) is 0 Å². The number of benzene rings is 2. The summed E-state index contributed by atoms with van der Waals surface area (Å²) in [5.41, 5.74) is 22.3. The van der Waals surface area contributed by atoms with E-state index in [4.69, 9.17) is 20.9 Å². The molecule has 4 atom stereocenters. The highest BCUT2D eigenvalue weighted by Crippen LogP contribution is 2.49. The van der Waals surface area contributed by atoms with Gasteiger partial charge in [0.25, 0.3) is 0 Å². The van der Waals surface area contributed by atoms with E-state index < -0.39 is 0 Å². The molecule has 0 unspecified atom stereocenters. The molecule has 18 heteroatoms. The molecule has 0 aliphatic heterocycles. The van der Waals surface area contributed by atoms with Crippen LogP contribution in [0.25, 0.3) is 44.1 Å². The molecule has 0 bridgehead atoms. The van der Waals surface area contributed by atoms with Gasteiger partial charge in [0.2, 0.25) is 11.8 Å². The second-order valence-corrected chi connectivity index (χ2v) is 19.2. The number of nitrogens with zero attached hydrogens (tertiary/aromatic N) is 10. The third-order valence-electron chi connectivity index (χ3n) is 14.1. The summed E-state index contributed by atoms with van der Waals surface area (Å²) in [6.45, 7) is 5.38. The van der Waals surface area contributed by atoms with Gasteiger partial charge < -0.3 is 40.7 Å². The molecule has 18 nitrogen and oxygen atoms in total. The normalized spacial score (nSPS) is 16.4. The number of aromatic nitrogens is 10. The molecule has 8 aromatic heterocycles. The van der Waals surface area contributed by atoms with E-state index in [1.54, 1.807) is 51.4 Å². The highest BCUT2D eigenvalue weighted by Gasteiger charge is 2.47. The van der Waals surface area contributed by atoms with Crippen molar-refractivity contribution < 1.29 is 19.1 Å². The number of pyridine rings is 6. The Labute approximate surface area is 437 Å². The predicted molar refractivity (Wildman–Crippen MR) is 291 cm³/mol. The van der Waals surface area contributed by atoms with Crippen LogP contribution in [0.15, 0.2) is 147 Å². The van der Waals surface area contributed by atoms with Crippen LogP contribution in [0.2, 0.25) is 0 Å². The Hall–Kier alpha value is -9.58. The molecule has 2 aliphatic rings. The van der Waals surface area contributed by atoms with Gasteiger partial charge in [-0.3, -0.25) is 19.6 Å². The first-order valence-corrected chi connectivity index (χ1v) is 24.8. The smallest absolute Gasteiger partial charge is 0.229 e. The van der Waals surface area contributed by atoms with Crippen LogP contribution in [0.5, 0.6) is 11.5 Å². The summed E-state index contributed by atoms with van der Waals surface area (Å²) in [7, 11) is 3.31. The second-order valence-electron chi connectivity index (χ2n) is 19.2. The summed E-state index contributed by atoms with van der Waals surface area (Å²) in [5, 5.41) is 9.16. The first-order chi connectivity index (χ1) is 37.0. The second kappa shape index (κ2) is 20.7. The number of ether oxygens (including phenoxy) is 2. The zero-order chi connectivity index (χ0) is 52.5. The molecule has 2 aliphatic carbocycles. The maximum absolute atomic E-state index is 13.1. The SMILES string of the molecule is COc1ccc(Cn2cncc2[C@@H]2C[C@H]2C(=O)Nc2cc3cc(-c4cnccc4C)nc(N)c3cn2)cc1.COc1ccc(Cn2cncc2[C@H]2C[C@@H]2C(=O)Nc2cc3cc(-c4cnccc4C)nc(N)c3cn2)cc1. The lowest BCUT2D eigenvalue weighted by Gasteiger charge is -2.11. The van der Waals surface area contributed by atoms with Crippen LogP contribution in [-0.4, -0.2) is 75.0 Å². The number of methoxy groups -OCH3 is 2. The molecule has 2 fully saturated rings. The van der Waals surface area contributed by atoms with E-state index >= 15 is 0 Å². The number of carbonyl (C=O) groups excluding carboxylic acids is 2. The highest BCUT2D eigenvalue weighted by atomic mass is 16.5. The average Bonchev–Trinajstić information content (AvgIpc) is 4.34. The van der Waals surface area contributed by atoms with Crippen LogP contribution in [0.1, 0.15) is 58.3 Å². The Morgan fingerprint density at radius 3 is 1.38 bits per heavy atom. The summed E-state index contributed by atoms with van der Waals surface area (Å²) in [4.78, 5) is 61.3. The van der Waals surface area contributed by atoms with E-state index in [-0.39, 0.29) is 35.5 Å². The van der Waals surface area contributed by atoms with E-state index in [0.717, 1.165) is 102 Å². The molecular weight excluding hydrogens is 957 g/mol. The number of anilines is 4. The number of imidazole rings is 2. The van der Waals surface area contributed by atoms with Gasteiger partial charge in [0, 0.05) is 120 Å². The summed E-state index contributed by atoms with van der Waals surface area (Å²) in [6, 6.07) is 27.4. The zero-order valence-electron chi connectivity index (χ0n) is 42.3. The number of rotatable bonds is 14. The van der Waals surface area contributed by atoms with Crippen molar-refractivity contribution in [2.45, 2.75) is 51.6 Å². The van der Waals surface area contributed by atoms with E-state index in [9.17, 15) is 9.59 Å². The Morgan fingerprint density at radius 1 is 0.566 bits per heavy atom. The molecule has 8 heterocycles. The molecule has 0 spiro atoms. The molecule has 2 amide bonds. The Morgan fingerprint density at radius 2 is 0.987 bits per heavy atom. The number of hydrogen-bond acceptors (Lipinski definition) is 14. The monoisotopic (exact) mass is 1010 g/mol. The lowest BCUT2D eigenvalue weighted by molar-refractivity contribution is -0.118. The largest absolute Gasteiger partial charge is 0.497 e. The third kappa shape index (κ3) is 10.3. The van der Waals surface area contributed by atoms with Gasteiger partial charge in [-0.05, 0) is 120 Å². The van der Waals surface area contributed by atoms with Crippen molar-refractivity contribution in [1.82, 2.24) is 49.0 Å². The van der Waals surface area contributed by atoms with Gasteiger partial charge in [0.1, 0.15) is 34.8 Å². The van der Waals surface area contributed by atoms with Gasteiger partial charge in [0.15, 0.2) is 0 Å². The number of nitrogens with one attached hydrogen (secondary N) is 2. The van der Waals surface area contributed by atoms with Gasteiger partial charge in [-0.2, -0.15) is 0 Å². The van der Waals surface area contributed by atoms with Crippen molar-refractivity contribution in [3.05, 3.63) is 181 Å². The fraction of sp³-hybridized carbons (Fsp3) is 0.207. The van der Waals surface area contributed by atoms with Crippen molar-refractivity contribution in [2.24, 2.45) is 11.8 Å². The van der Waals surface area contributed by atoms with Crippen LogP contribution >= 0.6 is 0 Å². The minimum Gasteiger partial charge on any atom is -0.497 e. The summed E-state index contributed by atoms with van der Waals surface area (Å²) in [6.07, 6.45) is 19.2.